The highest BCUT2D eigenvalue weighted by atomic mass is 19.4. The highest BCUT2D eigenvalue weighted by Gasteiger charge is 2.40. The van der Waals surface area contributed by atoms with E-state index < -0.39 is 65.6 Å². The zero-order valence-electron chi connectivity index (χ0n) is 20.8. The number of alkyl halides is 6. The van der Waals surface area contributed by atoms with Crippen LogP contribution in [0.1, 0.15) is 47.1 Å². The maximum Gasteiger partial charge on any atom is 0.416 e. The Morgan fingerprint density at radius 1 is 1.05 bits per heavy atom. The molecule has 0 aromatic heterocycles. The van der Waals surface area contributed by atoms with E-state index in [0.717, 1.165) is 4.90 Å². The summed E-state index contributed by atoms with van der Waals surface area (Å²) < 4.78 is 93.3. The molecule has 3 rings (SSSR count). The van der Waals surface area contributed by atoms with Gasteiger partial charge in [0, 0.05) is 38.5 Å². The summed E-state index contributed by atoms with van der Waals surface area (Å²) in [4.78, 5) is 28.4. The molecule has 3 atom stereocenters. The summed E-state index contributed by atoms with van der Waals surface area (Å²) >= 11 is 0. The van der Waals surface area contributed by atoms with Gasteiger partial charge in [-0.25, -0.2) is 4.39 Å². The van der Waals surface area contributed by atoms with Gasteiger partial charge in [-0.3, -0.25) is 9.59 Å². The molecule has 0 aliphatic carbocycles. The number of likely N-dealkylation sites (tertiary alicyclic amines) is 1. The quantitative estimate of drug-likeness (QED) is 0.527. The minimum absolute atomic E-state index is 0.0161. The van der Waals surface area contributed by atoms with Crippen LogP contribution in [0.15, 0.2) is 36.4 Å². The molecule has 1 fully saturated rings. The second-order valence-corrected chi connectivity index (χ2v) is 9.57. The molecule has 2 amide bonds. The van der Waals surface area contributed by atoms with Crippen molar-refractivity contribution in [1.82, 2.24) is 9.80 Å². The Morgan fingerprint density at radius 2 is 1.63 bits per heavy atom. The van der Waals surface area contributed by atoms with Crippen LogP contribution in [0.2, 0.25) is 0 Å². The fraction of sp³-hybridized carbons (Fsp3) is 0.462. The van der Waals surface area contributed by atoms with Crippen LogP contribution in [-0.2, 0) is 28.5 Å². The molecule has 0 spiro atoms. The zero-order valence-corrected chi connectivity index (χ0v) is 20.8. The number of carbonyl (C=O) groups is 2. The highest BCUT2D eigenvalue weighted by Crippen LogP contribution is 2.38. The molecule has 2 aromatic rings. The number of hydrogen-bond acceptors (Lipinski definition) is 3. The first-order chi connectivity index (χ1) is 17.5. The topological polar surface area (TPSA) is 60.9 Å². The van der Waals surface area contributed by atoms with E-state index in [1.807, 2.05) is 0 Å². The second-order valence-electron chi connectivity index (χ2n) is 9.57. The molecule has 0 saturated carbocycles. The van der Waals surface area contributed by atoms with Crippen molar-refractivity contribution in [3.05, 3.63) is 70.0 Å². The summed E-state index contributed by atoms with van der Waals surface area (Å²) in [7, 11) is 1.28. The molecule has 1 N–H and O–H groups in total. The largest absolute Gasteiger partial charge is 0.416 e. The number of amides is 2. The zero-order chi connectivity index (χ0) is 28.6. The summed E-state index contributed by atoms with van der Waals surface area (Å²) in [6.07, 6.45) is -11.2. The molecule has 1 aliphatic heterocycles. The molecule has 1 unspecified atom stereocenters. The predicted octanol–water partition coefficient (Wildman–Crippen LogP) is 5.14. The van der Waals surface area contributed by atoms with Crippen LogP contribution in [0.25, 0.3) is 0 Å². The van der Waals surface area contributed by atoms with Gasteiger partial charge >= 0.3 is 12.4 Å². The van der Waals surface area contributed by atoms with E-state index in [-0.39, 0.29) is 31.1 Å². The van der Waals surface area contributed by atoms with Crippen LogP contribution < -0.4 is 0 Å². The third kappa shape index (κ3) is 6.64. The van der Waals surface area contributed by atoms with E-state index in [1.165, 1.54) is 37.1 Å². The third-order valence-electron chi connectivity index (χ3n) is 6.67. The van der Waals surface area contributed by atoms with E-state index >= 15 is 0 Å². The van der Waals surface area contributed by atoms with Gasteiger partial charge in [-0.1, -0.05) is 6.07 Å². The number of hydrogen-bond donors (Lipinski definition) is 1. The van der Waals surface area contributed by atoms with E-state index in [0.29, 0.717) is 23.3 Å². The summed E-state index contributed by atoms with van der Waals surface area (Å²) in [5, 5.41) is 9.73. The van der Waals surface area contributed by atoms with Crippen molar-refractivity contribution in [1.29, 1.82) is 0 Å². The molecule has 2 aromatic carbocycles. The van der Waals surface area contributed by atoms with Gasteiger partial charge in [0.2, 0.25) is 5.91 Å². The fourth-order valence-electron chi connectivity index (χ4n) is 4.83. The van der Waals surface area contributed by atoms with Gasteiger partial charge < -0.3 is 14.9 Å². The van der Waals surface area contributed by atoms with Crippen LogP contribution in [0.3, 0.4) is 0 Å². The van der Waals surface area contributed by atoms with Gasteiger partial charge in [-0.2, -0.15) is 26.3 Å². The van der Waals surface area contributed by atoms with Crippen molar-refractivity contribution < 1.29 is 45.4 Å². The number of piperidine rings is 1. The molecule has 38 heavy (non-hydrogen) atoms. The molecule has 0 bridgehead atoms. The average molecular weight is 548 g/mol. The summed E-state index contributed by atoms with van der Waals surface area (Å²) in [5.41, 5.74) is -2.23. The lowest BCUT2D eigenvalue weighted by Gasteiger charge is -2.40. The highest BCUT2D eigenvalue weighted by molar-refractivity contribution is 5.83. The van der Waals surface area contributed by atoms with Crippen molar-refractivity contribution >= 4 is 11.8 Å². The first kappa shape index (κ1) is 29.4. The van der Waals surface area contributed by atoms with E-state index in [1.54, 1.807) is 6.92 Å². The maximum absolute atomic E-state index is 13.8. The lowest BCUT2D eigenvalue weighted by Crippen LogP contribution is -2.49. The maximum atomic E-state index is 13.8. The first-order valence-corrected chi connectivity index (χ1v) is 11.7. The third-order valence-corrected chi connectivity index (χ3v) is 6.67. The molecule has 0 radical (unpaired) electrons. The SMILES string of the molecule is Cc1cc(F)ccc1[C@@H]1CN(C(=O)C(C)O)CC[C@H]1C(=O)N(C)Cc1cc(C(F)(F)F)cc(C(F)(F)F)c1. The van der Waals surface area contributed by atoms with Gasteiger partial charge in [0.1, 0.15) is 11.9 Å². The number of benzene rings is 2. The molecule has 1 saturated heterocycles. The molecule has 12 heteroatoms. The van der Waals surface area contributed by atoms with Crippen molar-refractivity contribution in [2.45, 2.75) is 51.2 Å². The standard InChI is InChI=1S/C26H27F7N2O3/c1-14-8-19(27)4-5-20(14)22-13-35(23(37)15(2)36)7-6-21(22)24(38)34(3)12-16-9-17(25(28,29)30)11-18(10-16)26(31,32)33/h4-5,8-11,15,21-22,36H,6-7,12-13H2,1-3H3/t15?,21-,22+/m1/s1. The van der Waals surface area contributed by atoms with Crippen molar-refractivity contribution in [3.63, 3.8) is 0 Å². The predicted molar refractivity (Wildman–Crippen MR) is 123 cm³/mol. The Balaban J connectivity index is 1.93. The van der Waals surface area contributed by atoms with Crippen molar-refractivity contribution in [2.75, 3.05) is 20.1 Å². The van der Waals surface area contributed by atoms with E-state index in [4.69, 9.17) is 0 Å². The Bertz CT molecular complexity index is 1160. The first-order valence-electron chi connectivity index (χ1n) is 11.7. The van der Waals surface area contributed by atoms with E-state index in [9.17, 15) is 45.4 Å². The number of aliphatic hydroxyl groups is 1. The normalized spacial score (nSPS) is 19.3. The monoisotopic (exact) mass is 548 g/mol. The number of aryl methyl sites for hydroxylation is 1. The number of nitrogens with zero attached hydrogens (tertiary/aromatic N) is 2. The number of carbonyl (C=O) groups excluding carboxylic acids is 2. The molecule has 5 nitrogen and oxygen atoms in total. The summed E-state index contributed by atoms with van der Waals surface area (Å²) in [6.45, 7) is 2.53. The molecule has 1 aliphatic rings. The molecular weight excluding hydrogens is 521 g/mol. The van der Waals surface area contributed by atoms with Crippen molar-refractivity contribution in [3.8, 4) is 0 Å². The fourth-order valence-corrected chi connectivity index (χ4v) is 4.83. The van der Waals surface area contributed by atoms with Crippen LogP contribution in [0.4, 0.5) is 30.7 Å². The minimum atomic E-state index is -5.02. The number of rotatable bonds is 5. The Hall–Kier alpha value is -3.15. The van der Waals surface area contributed by atoms with Crippen LogP contribution >= 0.6 is 0 Å². The minimum Gasteiger partial charge on any atom is -0.384 e. The van der Waals surface area contributed by atoms with Crippen LogP contribution in [0.5, 0.6) is 0 Å². The van der Waals surface area contributed by atoms with Crippen LogP contribution in [-0.4, -0.2) is 53.0 Å². The van der Waals surface area contributed by atoms with E-state index in [2.05, 4.69) is 0 Å². The molecular formula is C26H27F7N2O3. The van der Waals surface area contributed by atoms with Gasteiger partial charge in [-0.15, -0.1) is 0 Å². The Morgan fingerprint density at radius 3 is 2.13 bits per heavy atom. The van der Waals surface area contributed by atoms with Gasteiger partial charge in [-0.05, 0) is 67.3 Å². The summed E-state index contributed by atoms with van der Waals surface area (Å²) in [6, 6.07) is 5.11. The van der Waals surface area contributed by atoms with Gasteiger partial charge in [0.25, 0.3) is 5.91 Å². The second kappa shape index (κ2) is 10.9. The smallest absolute Gasteiger partial charge is 0.384 e. The van der Waals surface area contributed by atoms with Crippen molar-refractivity contribution in [2.24, 2.45) is 5.92 Å². The lowest BCUT2D eigenvalue weighted by atomic mass is 9.78. The van der Waals surface area contributed by atoms with Gasteiger partial charge in [0.15, 0.2) is 0 Å². The number of aliphatic hydroxyl groups excluding tert-OH is 1. The van der Waals surface area contributed by atoms with Gasteiger partial charge in [0.05, 0.1) is 11.1 Å². The Labute approximate surface area is 214 Å². The Kier molecular flexibility index (Phi) is 8.45. The number of halogens is 7. The molecule has 1 heterocycles. The van der Waals surface area contributed by atoms with Crippen LogP contribution in [0, 0.1) is 18.7 Å². The summed E-state index contributed by atoms with van der Waals surface area (Å²) in [5.74, 6) is -3.06. The molecule has 208 valence electrons. The average Bonchev–Trinajstić information content (AvgIpc) is 2.81. The lowest BCUT2D eigenvalue weighted by molar-refractivity contribution is -0.145.